The van der Waals surface area contributed by atoms with E-state index in [9.17, 15) is 4.79 Å². The third-order valence-corrected chi connectivity index (χ3v) is 4.36. The highest BCUT2D eigenvalue weighted by atomic mass is 32.1. The van der Waals surface area contributed by atoms with Crippen LogP contribution in [0.2, 0.25) is 0 Å². The van der Waals surface area contributed by atoms with Crippen LogP contribution in [-0.4, -0.2) is 47.9 Å². The summed E-state index contributed by atoms with van der Waals surface area (Å²) in [5, 5.41) is 5.78. The lowest BCUT2D eigenvalue weighted by atomic mass is 10.1. The van der Waals surface area contributed by atoms with Gasteiger partial charge in [0.05, 0.1) is 6.61 Å². The number of carbonyl (C=O) groups excluding carboxylic acids is 1. The second-order valence-electron chi connectivity index (χ2n) is 5.39. The lowest BCUT2D eigenvalue weighted by Crippen LogP contribution is -2.28. The number of aromatic nitrogens is 3. The molecule has 3 heterocycles. The van der Waals surface area contributed by atoms with Crippen molar-refractivity contribution in [3.05, 3.63) is 43.2 Å². The van der Waals surface area contributed by atoms with Crippen molar-refractivity contribution in [2.75, 3.05) is 32.2 Å². The average molecular weight is 385 g/mol. The van der Waals surface area contributed by atoms with Crippen molar-refractivity contribution in [3.63, 3.8) is 0 Å². The molecule has 0 fully saturated rings. The molecule has 3 aromatic rings. The smallest absolute Gasteiger partial charge is 0.321 e. The molecular formula is C18H19N5O3S. The number of urea groups is 1. The first kappa shape index (κ1) is 18.7. The van der Waals surface area contributed by atoms with Crippen LogP contribution in [-0.2, 0) is 4.74 Å². The zero-order chi connectivity index (χ0) is 19.1. The first-order valence-electron chi connectivity index (χ1n) is 8.20. The number of methoxy groups -OCH3 is 1. The molecule has 2 amide bonds. The van der Waals surface area contributed by atoms with Gasteiger partial charge in [0.15, 0.2) is 5.13 Å². The first-order valence-corrected chi connectivity index (χ1v) is 9.02. The summed E-state index contributed by atoms with van der Waals surface area (Å²) < 4.78 is 10.8. The van der Waals surface area contributed by atoms with Gasteiger partial charge in [0.2, 0.25) is 5.88 Å². The Morgan fingerprint density at radius 1 is 1.37 bits per heavy atom. The number of amides is 2. The highest BCUT2D eigenvalue weighted by Crippen LogP contribution is 2.34. The molecule has 140 valence electrons. The highest BCUT2D eigenvalue weighted by molar-refractivity contribution is 7.22. The average Bonchev–Trinajstić information content (AvgIpc) is 3.07. The van der Waals surface area contributed by atoms with E-state index in [4.69, 9.17) is 9.47 Å². The second-order valence-corrected chi connectivity index (χ2v) is 6.37. The molecule has 8 nitrogen and oxygen atoms in total. The summed E-state index contributed by atoms with van der Waals surface area (Å²) >= 11 is 1.27. The Balaban J connectivity index is 1.93. The minimum Gasteiger partial charge on any atom is -0.475 e. The third kappa shape index (κ3) is 4.78. The molecule has 3 rings (SSSR count). The number of carbonyl (C=O) groups is 1. The van der Waals surface area contributed by atoms with E-state index in [0.29, 0.717) is 41.1 Å². The molecule has 0 aliphatic rings. The topological polar surface area (TPSA) is 98.3 Å². The number of fused-ring (bicyclic) bond motifs is 1. The molecule has 0 spiro atoms. The fourth-order valence-electron chi connectivity index (χ4n) is 2.27. The summed E-state index contributed by atoms with van der Waals surface area (Å²) in [7, 11) is 1.61. The maximum atomic E-state index is 11.8. The standard InChI is InChI=1S/C18H19N5O3S/c1-3-6-20-17(24)23-18-21-14-10-13(12-5-4-7-19-11-12)15(22-16(14)27-18)26-9-8-25-2/h3-5,7,10-11H,1,6,8-9H2,2H3,(H2,20,21,23,24). The predicted octanol–water partition coefficient (Wildman–Crippen LogP) is 3.09. The summed E-state index contributed by atoms with van der Waals surface area (Å²) in [6.45, 7) is 4.75. The highest BCUT2D eigenvalue weighted by Gasteiger charge is 2.15. The second kappa shape index (κ2) is 9.06. The van der Waals surface area contributed by atoms with Crippen LogP contribution in [0.4, 0.5) is 9.93 Å². The molecule has 0 radical (unpaired) electrons. The van der Waals surface area contributed by atoms with E-state index in [1.807, 2.05) is 18.2 Å². The van der Waals surface area contributed by atoms with Crippen molar-refractivity contribution in [2.24, 2.45) is 0 Å². The lowest BCUT2D eigenvalue weighted by molar-refractivity contribution is 0.144. The molecule has 0 aliphatic heterocycles. The van der Waals surface area contributed by atoms with Gasteiger partial charge in [-0.05, 0) is 12.1 Å². The number of hydrogen-bond acceptors (Lipinski definition) is 7. The van der Waals surface area contributed by atoms with Crippen molar-refractivity contribution in [1.29, 1.82) is 0 Å². The Hall–Kier alpha value is -3.04. The predicted molar refractivity (Wildman–Crippen MR) is 105 cm³/mol. The fourth-order valence-corrected chi connectivity index (χ4v) is 3.08. The van der Waals surface area contributed by atoms with Gasteiger partial charge < -0.3 is 14.8 Å². The van der Waals surface area contributed by atoms with E-state index < -0.39 is 0 Å². The van der Waals surface area contributed by atoms with Crippen molar-refractivity contribution in [1.82, 2.24) is 20.3 Å². The van der Waals surface area contributed by atoms with Crippen LogP contribution in [0.25, 0.3) is 21.5 Å². The molecular weight excluding hydrogens is 366 g/mol. The van der Waals surface area contributed by atoms with Gasteiger partial charge in [-0.1, -0.05) is 23.5 Å². The van der Waals surface area contributed by atoms with Crippen LogP contribution in [0.3, 0.4) is 0 Å². The zero-order valence-corrected chi connectivity index (χ0v) is 15.6. The van der Waals surface area contributed by atoms with E-state index in [2.05, 4.69) is 32.2 Å². The third-order valence-electron chi connectivity index (χ3n) is 3.48. The van der Waals surface area contributed by atoms with Gasteiger partial charge >= 0.3 is 6.03 Å². The number of ether oxygens (including phenoxy) is 2. The summed E-state index contributed by atoms with van der Waals surface area (Å²) in [5.41, 5.74) is 2.31. The van der Waals surface area contributed by atoms with Crippen molar-refractivity contribution >= 4 is 32.8 Å². The van der Waals surface area contributed by atoms with Crippen LogP contribution in [0.15, 0.2) is 43.2 Å². The minimum atomic E-state index is -0.349. The van der Waals surface area contributed by atoms with E-state index in [1.54, 1.807) is 25.6 Å². The maximum Gasteiger partial charge on any atom is 0.321 e. The number of anilines is 1. The molecule has 0 unspecified atom stereocenters. The zero-order valence-electron chi connectivity index (χ0n) is 14.8. The van der Waals surface area contributed by atoms with E-state index in [-0.39, 0.29) is 6.03 Å². The van der Waals surface area contributed by atoms with E-state index >= 15 is 0 Å². The van der Waals surface area contributed by atoms with E-state index in [0.717, 1.165) is 11.1 Å². The molecule has 0 atom stereocenters. The normalized spacial score (nSPS) is 10.6. The van der Waals surface area contributed by atoms with Gasteiger partial charge in [-0.25, -0.2) is 14.8 Å². The maximum absolute atomic E-state index is 11.8. The summed E-state index contributed by atoms with van der Waals surface area (Å²) in [4.78, 5) is 25.6. The van der Waals surface area contributed by atoms with Gasteiger partial charge in [0.1, 0.15) is 17.0 Å². The summed E-state index contributed by atoms with van der Waals surface area (Å²) in [6, 6.07) is 5.30. The van der Waals surface area contributed by atoms with Crippen LogP contribution in [0.5, 0.6) is 5.88 Å². The van der Waals surface area contributed by atoms with Gasteiger partial charge in [0, 0.05) is 37.2 Å². The summed E-state index contributed by atoms with van der Waals surface area (Å²) in [5.74, 6) is 0.471. The Kier molecular flexibility index (Phi) is 6.29. The molecule has 0 saturated carbocycles. The number of nitrogens with zero attached hydrogens (tertiary/aromatic N) is 3. The molecule has 0 aromatic carbocycles. The van der Waals surface area contributed by atoms with E-state index in [1.165, 1.54) is 11.3 Å². The van der Waals surface area contributed by atoms with Crippen LogP contribution in [0.1, 0.15) is 0 Å². The quantitative estimate of drug-likeness (QED) is 0.457. The SMILES string of the molecule is C=CCNC(=O)Nc1nc2cc(-c3cccnc3)c(OCCOC)nc2s1. The fraction of sp³-hybridized carbons (Fsp3) is 0.222. The monoisotopic (exact) mass is 385 g/mol. The molecule has 9 heteroatoms. The molecule has 27 heavy (non-hydrogen) atoms. The van der Waals surface area contributed by atoms with Gasteiger partial charge in [-0.15, -0.1) is 6.58 Å². The van der Waals surface area contributed by atoms with Gasteiger partial charge in [-0.3, -0.25) is 10.3 Å². The minimum absolute atomic E-state index is 0.349. The number of rotatable bonds is 8. The van der Waals surface area contributed by atoms with Gasteiger partial charge in [-0.2, -0.15) is 0 Å². The molecule has 3 aromatic heterocycles. The summed E-state index contributed by atoms with van der Waals surface area (Å²) in [6.07, 6.45) is 5.04. The molecule has 2 N–H and O–H groups in total. The number of thiazole rings is 1. The molecule has 0 aliphatic carbocycles. The molecule has 0 saturated heterocycles. The first-order chi connectivity index (χ1) is 13.2. The number of nitrogens with one attached hydrogen (secondary N) is 2. The van der Waals surface area contributed by atoms with Crippen molar-refractivity contribution in [3.8, 4) is 17.0 Å². The Morgan fingerprint density at radius 3 is 3.00 bits per heavy atom. The van der Waals surface area contributed by atoms with Crippen molar-refractivity contribution in [2.45, 2.75) is 0 Å². The Labute approximate surface area is 160 Å². The number of pyridine rings is 2. The van der Waals surface area contributed by atoms with Gasteiger partial charge in [0.25, 0.3) is 0 Å². The largest absolute Gasteiger partial charge is 0.475 e. The lowest BCUT2D eigenvalue weighted by Gasteiger charge is -2.10. The molecule has 0 bridgehead atoms. The Morgan fingerprint density at radius 2 is 2.26 bits per heavy atom. The van der Waals surface area contributed by atoms with Crippen molar-refractivity contribution < 1.29 is 14.3 Å². The van der Waals surface area contributed by atoms with Crippen LogP contribution < -0.4 is 15.4 Å². The Bertz CT molecular complexity index is 929. The van der Waals surface area contributed by atoms with Crippen LogP contribution >= 0.6 is 11.3 Å². The van der Waals surface area contributed by atoms with Crippen LogP contribution in [0, 0.1) is 0 Å². The number of hydrogen-bond donors (Lipinski definition) is 2.